The van der Waals surface area contributed by atoms with Crippen LogP contribution in [0.2, 0.25) is 0 Å². The fourth-order valence-electron chi connectivity index (χ4n) is 2.69. The molecule has 0 saturated carbocycles. The molecule has 0 saturated heterocycles. The van der Waals surface area contributed by atoms with Gasteiger partial charge < -0.3 is 20.9 Å². The lowest BCUT2D eigenvalue weighted by Gasteiger charge is -2.32. The minimum Gasteiger partial charge on any atom is -0.475 e. The Kier molecular flexibility index (Phi) is 7.26. The maximum atomic E-state index is 12.7. The molecule has 0 amide bonds. The Labute approximate surface area is 172 Å². The van der Waals surface area contributed by atoms with Crippen molar-refractivity contribution in [3.05, 3.63) is 36.4 Å². The summed E-state index contributed by atoms with van der Waals surface area (Å²) in [5, 5.41) is 0. The number of nitrogens with two attached hydrogens (primary N) is 2. The summed E-state index contributed by atoms with van der Waals surface area (Å²) in [4.78, 5) is 25.6. The lowest BCUT2D eigenvalue weighted by atomic mass is 9.83. The average Bonchev–Trinajstić information content (AvgIpc) is 2.68. The lowest BCUT2D eigenvalue weighted by Crippen LogP contribution is -2.41. The van der Waals surface area contributed by atoms with E-state index in [0.29, 0.717) is 30.1 Å². The van der Waals surface area contributed by atoms with Crippen LogP contribution in [0.25, 0.3) is 11.3 Å². The van der Waals surface area contributed by atoms with Gasteiger partial charge in [-0.1, -0.05) is 13.8 Å². The Morgan fingerprint density at radius 2 is 1.72 bits per heavy atom. The van der Waals surface area contributed by atoms with Crippen molar-refractivity contribution in [2.75, 3.05) is 6.61 Å². The Hall–Kier alpha value is -2.58. The van der Waals surface area contributed by atoms with Crippen LogP contribution in [-0.4, -0.2) is 33.1 Å². The fourth-order valence-corrected chi connectivity index (χ4v) is 2.69. The highest BCUT2D eigenvalue weighted by Crippen LogP contribution is 2.31. The van der Waals surface area contributed by atoms with E-state index in [1.54, 1.807) is 18.5 Å². The first-order valence-electron chi connectivity index (χ1n) is 9.76. The van der Waals surface area contributed by atoms with Crippen molar-refractivity contribution in [3.63, 3.8) is 0 Å². The number of hydrogen-bond donors (Lipinski definition) is 2. The van der Waals surface area contributed by atoms with Crippen molar-refractivity contribution in [3.8, 4) is 17.1 Å². The highest BCUT2D eigenvalue weighted by molar-refractivity contribution is 5.77. The van der Waals surface area contributed by atoms with Crippen LogP contribution in [0.15, 0.2) is 30.7 Å². The molecule has 2 heterocycles. The quantitative estimate of drug-likeness (QED) is 0.510. The van der Waals surface area contributed by atoms with Gasteiger partial charge >= 0.3 is 5.97 Å². The van der Waals surface area contributed by atoms with E-state index in [4.69, 9.17) is 20.9 Å². The molecule has 2 rings (SSSR count). The Bertz CT molecular complexity index is 795. The van der Waals surface area contributed by atoms with E-state index in [-0.39, 0.29) is 12.6 Å². The van der Waals surface area contributed by atoms with E-state index < -0.39 is 17.2 Å². The molecule has 4 N–H and O–H groups in total. The second kappa shape index (κ2) is 9.28. The first-order chi connectivity index (χ1) is 13.6. The van der Waals surface area contributed by atoms with Crippen molar-refractivity contribution in [1.82, 2.24) is 15.0 Å². The second-order valence-corrected chi connectivity index (χ2v) is 8.02. The van der Waals surface area contributed by atoms with Gasteiger partial charge in [0.15, 0.2) is 0 Å². The number of carbonyl (C=O) groups is 1. The van der Waals surface area contributed by atoms with Gasteiger partial charge in [-0.25, -0.2) is 9.97 Å². The smallest absolute Gasteiger partial charge is 0.316 e. The molecule has 2 aromatic heterocycles. The molecule has 158 valence electrons. The van der Waals surface area contributed by atoms with Gasteiger partial charge in [-0.3, -0.25) is 9.78 Å². The van der Waals surface area contributed by atoms with Crippen LogP contribution in [0.3, 0.4) is 0 Å². The molecule has 0 fully saturated rings. The summed E-state index contributed by atoms with van der Waals surface area (Å²) in [5.74, 6) is 0.0843. The van der Waals surface area contributed by atoms with Crippen LogP contribution in [-0.2, 0) is 9.53 Å². The fraction of sp³-hybridized carbons (Fsp3) is 0.524. The van der Waals surface area contributed by atoms with Crippen molar-refractivity contribution < 1.29 is 14.3 Å². The van der Waals surface area contributed by atoms with Crippen LogP contribution in [0.1, 0.15) is 59.3 Å². The molecule has 0 radical (unpaired) electrons. The summed E-state index contributed by atoms with van der Waals surface area (Å²) in [6.07, 6.45) is 5.36. The molecule has 29 heavy (non-hydrogen) atoms. The molecule has 0 aromatic carbocycles. The summed E-state index contributed by atoms with van der Waals surface area (Å²) in [6, 6.07) is 3.59. The predicted molar refractivity (Wildman–Crippen MR) is 111 cm³/mol. The van der Waals surface area contributed by atoms with Gasteiger partial charge in [-0.2, -0.15) is 0 Å². The number of carbonyl (C=O) groups excluding carboxylic acids is 1. The van der Waals surface area contributed by atoms with Crippen LogP contribution in [0, 0.1) is 5.41 Å². The van der Waals surface area contributed by atoms with Crippen LogP contribution in [0.4, 0.5) is 0 Å². The molecule has 8 nitrogen and oxygen atoms in total. The molecule has 0 aliphatic heterocycles. The van der Waals surface area contributed by atoms with Crippen LogP contribution >= 0.6 is 0 Å². The molecule has 0 aliphatic carbocycles. The Morgan fingerprint density at radius 3 is 2.17 bits per heavy atom. The minimum atomic E-state index is -0.728. The van der Waals surface area contributed by atoms with E-state index in [1.165, 1.54) is 6.20 Å². The van der Waals surface area contributed by atoms with Crippen LogP contribution in [0.5, 0.6) is 5.88 Å². The molecular weight excluding hydrogens is 370 g/mol. The van der Waals surface area contributed by atoms with E-state index in [2.05, 4.69) is 15.0 Å². The SMILES string of the molecule is CCC(CC)(COc1cnc(-c2ccc(C(N)N)nc2)cn1)C(=O)OC(C)(C)C. The van der Waals surface area contributed by atoms with Gasteiger partial charge in [-0.15, -0.1) is 0 Å². The van der Waals surface area contributed by atoms with E-state index >= 15 is 0 Å². The van der Waals surface area contributed by atoms with Crippen molar-refractivity contribution in [2.24, 2.45) is 16.9 Å². The minimum absolute atomic E-state index is 0.174. The Balaban J connectivity index is 2.08. The monoisotopic (exact) mass is 401 g/mol. The Morgan fingerprint density at radius 1 is 1.03 bits per heavy atom. The third-order valence-corrected chi connectivity index (χ3v) is 4.73. The molecular formula is C21H31N5O3. The topological polar surface area (TPSA) is 126 Å². The second-order valence-electron chi connectivity index (χ2n) is 8.02. The number of rotatable bonds is 8. The summed E-state index contributed by atoms with van der Waals surface area (Å²) < 4.78 is 11.4. The van der Waals surface area contributed by atoms with E-state index in [0.717, 1.165) is 5.56 Å². The number of hydrogen-bond acceptors (Lipinski definition) is 8. The summed E-state index contributed by atoms with van der Waals surface area (Å²) >= 11 is 0. The van der Waals surface area contributed by atoms with Gasteiger partial charge in [0.2, 0.25) is 5.88 Å². The molecule has 0 aliphatic rings. The number of ether oxygens (including phenoxy) is 2. The third-order valence-electron chi connectivity index (χ3n) is 4.73. The molecule has 0 bridgehead atoms. The first kappa shape index (κ1) is 22.7. The molecule has 2 aromatic rings. The molecule has 0 unspecified atom stereocenters. The number of nitrogens with zero attached hydrogens (tertiary/aromatic N) is 3. The largest absolute Gasteiger partial charge is 0.475 e. The van der Waals surface area contributed by atoms with Crippen molar-refractivity contribution in [1.29, 1.82) is 0 Å². The summed E-state index contributed by atoms with van der Waals surface area (Å²) in [5.41, 5.74) is 12.0. The van der Waals surface area contributed by atoms with E-state index in [1.807, 2.05) is 40.7 Å². The van der Waals surface area contributed by atoms with Gasteiger partial charge in [0.1, 0.15) is 17.6 Å². The van der Waals surface area contributed by atoms with Gasteiger partial charge in [0.25, 0.3) is 0 Å². The lowest BCUT2D eigenvalue weighted by molar-refractivity contribution is -0.170. The maximum absolute atomic E-state index is 12.7. The highest BCUT2D eigenvalue weighted by atomic mass is 16.6. The highest BCUT2D eigenvalue weighted by Gasteiger charge is 2.39. The molecule has 0 spiro atoms. The predicted octanol–water partition coefficient (Wildman–Crippen LogP) is 2.98. The zero-order valence-electron chi connectivity index (χ0n) is 17.8. The molecule has 8 heteroatoms. The zero-order valence-corrected chi connectivity index (χ0v) is 17.8. The van der Waals surface area contributed by atoms with Gasteiger partial charge in [-0.05, 0) is 45.7 Å². The van der Waals surface area contributed by atoms with Gasteiger partial charge in [0, 0.05) is 11.8 Å². The van der Waals surface area contributed by atoms with Crippen molar-refractivity contribution in [2.45, 2.75) is 59.2 Å². The normalized spacial score (nSPS) is 12.1. The average molecular weight is 402 g/mol. The third kappa shape index (κ3) is 5.95. The number of aromatic nitrogens is 3. The number of pyridine rings is 1. The van der Waals surface area contributed by atoms with E-state index in [9.17, 15) is 4.79 Å². The first-order valence-corrected chi connectivity index (χ1v) is 9.76. The van der Waals surface area contributed by atoms with Gasteiger partial charge in [0.05, 0.1) is 29.9 Å². The summed E-state index contributed by atoms with van der Waals surface area (Å²) in [6.45, 7) is 9.65. The van der Waals surface area contributed by atoms with Crippen molar-refractivity contribution >= 4 is 5.97 Å². The standard InChI is InChI=1S/C21H31N5O3/c1-6-21(7-2,19(27)29-20(3,4)5)13-28-17-12-25-16(11-26-17)14-8-9-15(18(22)23)24-10-14/h8-12,18H,6-7,13,22-23H2,1-5H3. The maximum Gasteiger partial charge on any atom is 0.316 e. The van der Waals surface area contributed by atoms with Crippen LogP contribution < -0.4 is 16.2 Å². The zero-order chi connectivity index (χ0) is 21.7. The number of esters is 1. The molecule has 0 atom stereocenters. The summed E-state index contributed by atoms with van der Waals surface area (Å²) in [7, 11) is 0.